The highest BCUT2D eigenvalue weighted by Crippen LogP contribution is 2.10. The van der Waals surface area contributed by atoms with Gasteiger partial charge in [-0.2, -0.15) is 0 Å². The van der Waals surface area contributed by atoms with Gasteiger partial charge in [-0.15, -0.1) is 24.0 Å². The van der Waals surface area contributed by atoms with Gasteiger partial charge in [0, 0.05) is 48.5 Å². The zero-order valence-electron chi connectivity index (χ0n) is 17.1. The Morgan fingerprint density at radius 2 is 1.89 bits per heavy atom. The van der Waals surface area contributed by atoms with Crippen molar-refractivity contribution < 1.29 is 8.95 Å². The molecule has 0 aliphatic carbocycles. The number of benzene rings is 1. The average molecular weight is 509 g/mol. The van der Waals surface area contributed by atoms with E-state index in [1.807, 2.05) is 44.2 Å². The van der Waals surface area contributed by atoms with Crippen LogP contribution in [0.5, 0.6) is 0 Å². The molecule has 7 heteroatoms. The maximum absolute atomic E-state index is 12.2. The second-order valence-corrected chi connectivity index (χ2v) is 8.06. The lowest BCUT2D eigenvalue weighted by atomic mass is 10.0. The Labute approximate surface area is 184 Å². The molecular weight excluding hydrogens is 473 g/mol. The number of halogens is 1. The standard InChI is InChI=1S/C20H35N3O2S.HI/c1-5-21-20(22-13-12-19(17(3)4)25-6-2)23-14-15-26(24)16-18-10-8-7-9-11-18;/h7-11,17,19H,5-6,12-16H2,1-4H3,(H2,21,22,23);1H. The topological polar surface area (TPSA) is 62.7 Å². The SMILES string of the molecule is CCNC(=NCCC(OCC)C(C)C)NCCS(=O)Cc1ccccc1.I. The molecule has 0 amide bonds. The predicted molar refractivity (Wildman–Crippen MR) is 127 cm³/mol. The highest BCUT2D eigenvalue weighted by atomic mass is 127. The fourth-order valence-electron chi connectivity index (χ4n) is 2.58. The van der Waals surface area contributed by atoms with Crippen LogP contribution in [0.25, 0.3) is 0 Å². The Kier molecular flexibility index (Phi) is 15.9. The fraction of sp³-hybridized carbons (Fsp3) is 0.650. The third-order valence-electron chi connectivity index (χ3n) is 3.94. The number of rotatable bonds is 12. The quantitative estimate of drug-likeness (QED) is 0.257. The van der Waals surface area contributed by atoms with Gasteiger partial charge in [-0.1, -0.05) is 44.2 Å². The molecule has 0 heterocycles. The highest BCUT2D eigenvalue weighted by Gasteiger charge is 2.12. The number of nitrogens with one attached hydrogen (secondary N) is 2. The molecule has 5 nitrogen and oxygen atoms in total. The molecule has 0 saturated heterocycles. The van der Waals surface area contributed by atoms with E-state index in [2.05, 4.69) is 29.5 Å². The van der Waals surface area contributed by atoms with E-state index in [1.165, 1.54) is 0 Å². The van der Waals surface area contributed by atoms with E-state index < -0.39 is 10.8 Å². The third-order valence-corrected chi connectivity index (χ3v) is 5.26. The zero-order chi connectivity index (χ0) is 19.2. The molecule has 2 unspecified atom stereocenters. The smallest absolute Gasteiger partial charge is 0.191 e. The molecule has 2 N–H and O–H groups in total. The summed E-state index contributed by atoms with van der Waals surface area (Å²) in [6.07, 6.45) is 1.15. The summed E-state index contributed by atoms with van der Waals surface area (Å²) >= 11 is 0. The van der Waals surface area contributed by atoms with Crippen LogP contribution < -0.4 is 10.6 Å². The Bertz CT molecular complexity index is 541. The maximum atomic E-state index is 12.2. The van der Waals surface area contributed by atoms with E-state index in [4.69, 9.17) is 4.74 Å². The first kappa shape index (κ1) is 26.3. The van der Waals surface area contributed by atoms with E-state index in [0.29, 0.717) is 30.5 Å². The molecule has 2 atom stereocenters. The Hall–Kier alpha value is -0.670. The third kappa shape index (κ3) is 12.4. The summed E-state index contributed by atoms with van der Waals surface area (Å²) in [7, 11) is -0.879. The first-order valence-corrected chi connectivity index (χ1v) is 11.1. The van der Waals surface area contributed by atoms with Crippen LogP contribution >= 0.6 is 24.0 Å². The molecule has 156 valence electrons. The molecule has 0 fully saturated rings. The van der Waals surface area contributed by atoms with E-state index >= 15 is 0 Å². The van der Waals surface area contributed by atoms with Crippen LogP contribution in [0.15, 0.2) is 35.3 Å². The molecule has 0 aliphatic heterocycles. The van der Waals surface area contributed by atoms with Crippen LogP contribution in [-0.2, 0) is 21.3 Å². The van der Waals surface area contributed by atoms with E-state index in [1.54, 1.807) is 0 Å². The lowest BCUT2D eigenvalue weighted by Crippen LogP contribution is -2.39. The first-order chi connectivity index (χ1) is 12.6. The van der Waals surface area contributed by atoms with E-state index in [-0.39, 0.29) is 30.1 Å². The van der Waals surface area contributed by atoms with E-state index in [0.717, 1.165) is 31.1 Å². The average Bonchev–Trinajstić information content (AvgIpc) is 2.61. The number of nitrogens with zero attached hydrogens (tertiary/aromatic N) is 1. The van der Waals surface area contributed by atoms with Gasteiger partial charge in [0.1, 0.15) is 0 Å². The zero-order valence-corrected chi connectivity index (χ0v) is 20.2. The second kappa shape index (κ2) is 16.3. The number of guanidine groups is 1. The van der Waals surface area contributed by atoms with Crippen molar-refractivity contribution in [1.82, 2.24) is 10.6 Å². The summed E-state index contributed by atoms with van der Waals surface area (Å²) < 4.78 is 18.0. The lowest BCUT2D eigenvalue weighted by molar-refractivity contribution is 0.0266. The molecule has 0 aromatic heterocycles. The molecule has 1 aromatic carbocycles. The number of hydrogen-bond acceptors (Lipinski definition) is 3. The van der Waals surface area contributed by atoms with Gasteiger partial charge < -0.3 is 15.4 Å². The second-order valence-electron chi connectivity index (χ2n) is 6.49. The van der Waals surface area contributed by atoms with Crippen molar-refractivity contribution in [3.05, 3.63) is 35.9 Å². The molecule has 0 radical (unpaired) electrons. The molecule has 0 saturated carbocycles. The number of aliphatic imine (C=N–C) groups is 1. The van der Waals surface area contributed by atoms with Crippen LogP contribution in [-0.4, -0.2) is 48.3 Å². The van der Waals surface area contributed by atoms with Crippen molar-refractivity contribution in [3.63, 3.8) is 0 Å². The van der Waals surface area contributed by atoms with Crippen molar-refractivity contribution in [1.29, 1.82) is 0 Å². The van der Waals surface area contributed by atoms with Crippen molar-refractivity contribution in [3.8, 4) is 0 Å². The molecule has 0 bridgehead atoms. The van der Waals surface area contributed by atoms with Gasteiger partial charge >= 0.3 is 0 Å². The van der Waals surface area contributed by atoms with Gasteiger partial charge in [0.15, 0.2) is 5.96 Å². The van der Waals surface area contributed by atoms with Crippen LogP contribution in [0.4, 0.5) is 0 Å². The maximum Gasteiger partial charge on any atom is 0.191 e. The van der Waals surface area contributed by atoms with Gasteiger partial charge in [0.05, 0.1) is 6.10 Å². The predicted octanol–water partition coefficient (Wildman–Crippen LogP) is 3.56. The van der Waals surface area contributed by atoms with Crippen molar-refractivity contribution in [2.75, 3.05) is 32.0 Å². The molecule has 1 aromatic rings. The largest absolute Gasteiger partial charge is 0.378 e. The highest BCUT2D eigenvalue weighted by molar-refractivity contribution is 14.0. The Morgan fingerprint density at radius 1 is 1.19 bits per heavy atom. The Morgan fingerprint density at radius 3 is 2.48 bits per heavy atom. The summed E-state index contributed by atoms with van der Waals surface area (Å²) in [4.78, 5) is 4.61. The van der Waals surface area contributed by atoms with Gasteiger partial charge in [0.25, 0.3) is 0 Å². The van der Waals surface area contributed by atoms with Crippen LogP contribution in [0.1, 0.15) is 39.7 Å². The van der Waals surface area contributed by atoms with Crippen molar-refractivity contribution in [2.45, 2.75) is 46.0 Å². The lowest BCUT2D eigenvalue weighted by Gasteiger charge is -2.20. The summed E-state index contributed by atoms with van der Waals surface area (Å²) in [6.45, 7) is 11.3. The molecule has 0 aliphatic rings. The van der Waals surface area contributed by atoms with Gasteiger partial charge in [0.2, 0.25) is 0 Å². The number of ether oxygens (including phenoxy) is 1. The molecule has 27 heavy (non-hydrogen) atoms. The minimum absolute atomic E-state index is 0. The van der Waals surface area contributed by atoms with Gasteiger partial charge in [-0.05, 0) is 31.7 Å². The van der Waals surface area contributed by atoms with Gasteiger partial charge in [-0.3, -0.25) is 9.20 Å². The molecular formula is C20H36IN3O2S. The normalized spacial score (nSPS) is 13.7. The van der Waals surface area contributed by atoms with Crippen molar-refractivity contribution in [2.24, 2.45) is 10.9 Å². The van der Waals surface area contributed by atoms with Crippen molar-refractivity contribution >= 4 is 40.7 Å². The van der Waals surface area contributed by atoms with Crippen LogP contribution in [0.2, 0.25) is 0 Å². The summed E-state index contributed by atoms with van der Waals surface area (Å²) in [5.74, 6) is 2.47. The monoisotopic (exact) mass is 509 g/mol. The van der Waals surface area contributed by atoms with Gasteiger partial charge in [-0.25, -0.2) is 0 Å². The first-order valence-electron chi connectivity index (χ1n) is 9.59. The van der Waals surface area contributed by atoms with E-state index in [9.17, 15) is 4.21 Å². The number of hydrogen-bond donors (Lipinski definition) is 2. The minimum Gasteiger partial charge on any atom is -0.378 e. The summed E-state index contributed by atoms with van der Waals surface area (Å²) in [6, 6.07) is 9.96. The minimum atomic E-state index is -0.879. The summed E-state index contributed by atoms with van der Waals surface area (Å²) in [5.41, 5.74) is 1.11. The van der Waals surface area contributed by atoms with Crippen LogP contribution in [0, 0.1) is 5.92 Å². The summed E-state index contributed by atoms with van der Waals surface area (Å²) in [5, 5.41) is 6.52. The Balaban J connectivity index is 0.00000676. The molecule has 0 spiro atoms. The van der Waals surface area contributed by atoms with Crippen LogP contribution in [0.3, 0.4) is 0 Å². The molecule has 1 rings (SSSR count). The fourth-order valence-corrected chi connectivity index (χ4v) is 3.62.